The van der Waals surface area contributed by atoms with Gasteiger partial charge in [0.1, 0.15) is 5.78 Å². The van der Waals surface area contributed by atoms with Crippen molar-refractivity contribution in [2.24, 2.45) is 5.92 Å². The van der Waals surface area contributed by atoms with Crippen LogP contribution in [0.2, 0.25) is 0 Å². The van der Waals surface area contributed by atoms with Crippen molar-refractivity contribution < 1.29 is 9.53 Å². The second-order valence-electron chi connectivity index (χ2n) is 4.60. The van der Waals surface area contributed by atoms with E-state index in [2.05, 4.69) is 6.92 Å². The second kappa shape index (κ2) is 7.00. The number of ketones is 1. The van der Waals surface area contributed by atoms with Crippen molar-refractivity contribution >= 4 is 5.78 Å². The Morgan fingerprint density at radius 3 is 2.60 bits per heavy atom. The molecule has 0 spiro atoms. The predicted molar refractivity (Wildman–Crippen MR) is 61.9 cm³/mol. The summed E-state index contributed by atoms with van der Waals surface area (Å²) in [6.07, 6.45) is 7.99. The number of carbonyl (C=O) groups is 1. The van der Waals surface area contributed by atoms with Gasteiger partial charge in [0, 0.05) is 18.9 Å². The van der Waals surface area contributed by atoms with E-state index in [1.807, 2.05) is 6.92 Å². The molecule has 88 valence electrons. The van der Waals surface area contributed by atoms with Crippen molar-refractivity contribution in [2.45, 2.75) is 64.9 Å². The van der Waals surface area contributed by atoms with Gasteiger partial charge in [-0.2, -0.15) is 0 Å². The molecule has 1 heterocycles. The van der Waals surface area contributed by atoms with E-state index in [0.717, 1.165) is 25.9 Å². The molecule has 0 amide bonds. The molecule has 15 heavy (non-hydrogen) atoms. The van der Waals surface area contributed by atoms with Crippen LogP contribution in [-0.2, 0) is 9.53 Å². The quantitative estimate of drug-likeness (QED) is 0.605. The minimum atomic E-state index is 0.160. The molecule has 0 radical (unpaired) electrons. The average Bonchev–Trinajstić information content (AvgIpc) is 2.64. The number of hydrogen-bond acceptors (Lipinski definition) is 2. The van der Waals surface area contributed by atoms with E-state index in [1.165, 1.54) is 25.7 Å². The lowest BCUT2D eigenvalue weighted by molar-refractivity contribution is -0.124. The zero-order chi connectivity index (χ0) is 11.1. The molecule has 0 aromatic rings. The second-order valence-corrected chi connectivity index (χ2v) is 4.60. The third kappa shape index (κ3) is 4.33. The van der Waals surface area contributed by atoms with Gasteiger partial charge in [-0.25, -0.2) is 0 Å². The summed E-state index contributed by atoms with van der Waals surface area (Å²) < 4.78 is 5.41. The molecule has 0 N–H and O–H groups in total. The molecule has 1 fully saturated rings. The Kier molecular flexibility index (Phi) is 5.92. The first-order chi connectivity index (χ1) is 7.25. The Bertz CT molecular complexity index is 189. The maximum absolute atomic E-state index is 11.8. The van der Waals surface area contributed by atoms with E-state index in [1.54, 1.807) is 0 Å². The first-order valence-corrected chi connectivity index (χ1v) is 6.40. The molecule has 2 atom stereocenters. The van der Waals surface area contributed by atoms with Crippen molar-refractivity contribution in [2.75, 3.05) is 6.61 Å². The largest absolute Gasteiger partial charge is 0.378 e. The SMILES string of the molecule is CCCCCCCC(=O)C1CCOC1C. The highest BCUT2D eigenvalue weighted by molar-refractivity contribution is 5.81. The highest BCUT2D eigenvalue weighted by atomic mass is 16.5. The third-order valence-corrected chi connectivity index (χ3v) is 3.32. The monoisotopic (exact) mass is 212 g/mol. The van der Waals surface area contributed by atoms with E-state index < -0.39 is 0 Å². The number of hydrogen-bond donors (Lipinski definition) is 0. The zero-order valence-corrected chi connectivity index (χ0v) is 10.1. The highest BCUT2D eigenvalue weighted by Crippen LogP contribution is 2.23. The van der Waals surface area contributed by atoms with Crippen molar-refractivity contribution in [1.29, 1.82) is 0 Å². The summed E-state index contributed by atoms with van der Waals surface area (Å²) in [5.74, 6) is 0.618. The van der Waals surface area contributed by atoms with Crippen LogP contribution in [0.25, 0.3) is 0 Å². The van der Waals surface area contributed by atoms with E-state index >= 15 is 0 Å². The maximum Gasteiger partial charge on any atom is 0.138 e. The molecule has 0 bridgehead atoms. The Morgan fingerprint density at radius 2 is 2.00 bits per heavy atom. The van der Waals surface area contributed by atoms with E-state index in [9.17, 15) is 4.79 Å². The molecule has 1 rings (SSSR count). The molecule has 2 heteroatoms. The Hall–Kier alpha value is -0.370. The van der Waals surface area contributed by atoms with Crippen LogP contribution in [0.4, 0.5) is 0 Å². The summed E-state index contributed by atoms with van der Waals surface area (Å²) in [7, 11) is 0. The molecular formula is C13H24O2. The molecule has 0 aliphatic carbocycles. The van der Waals surface area contributed by atoms with Crippen molar-refractivity contribution in [3.8, 4) is 0 Å². The fraction of sp³-hybridized carbons (Fsp3) is 0.923. The van der Waals surface area contributed by atoms with Gasteiger partial charge in [-0.3, -0.25) is 4.79 Å². The summed E-state index contributed by atoms with van der Waals surface area (Å²) in [4.78, 5) is 11.8. The number of ether oxygens (including phenoxy) is 1. The van der Waals surface area contributed by atoms with Crippen molar-refractivity contribution in [3.05, 3.63) is 0 Å². The Labute approximate surface area is 93.4 Å². The van der Waals surface area contributed by atoms with Gasteiger partial charge in [0.05, 0.1) is 6.10 Å². The van der Waals surface area contributed by atoms with Gasteiger partial charge in [-0.15, -0.1) is 0 Å². The van der Waals surface area contributed by atoms with Crippen LogP contribution in [-0.4, -0.2) is 18.5 Å². The maximum atomic E-state index is 11.8. The van der Waals surface area contributed by atoms with Crippen LogP contribution in [0.1, 0.15) is 58.8 Å². The molecule has 0 aromatic carbocycles. The minimum absolute atomic E-state index is 0.160. The van der Waals surface area contributed by atoms with Gasteiger partial charge in [-0.1, -0.05) is 32.6 Å². The zero-order valence-electron chi connectivity index (χ0n) is 10.1. The summed E-state index contributed by atoms with van der Waals surface area (Å²) in [6.45, 7) is 5.00. The molecule has 1 aliphatic rings. The summed E-state index contributed by atoms with van der Waals surface area (Å²) in [5, 5.41) is 0. The molecule has 2 unspecified atom stereocenters. The van der Waals surface area contributed by atoms with Crippen LogP contribution in [0.3, 0.4) is 0 Å². The first-order valence-electron chi connectivity index (χ1n) is 6.40. The molecule has 2 nitrogen and oxygen atoms in total. The van der Waals surface area contributed by atoms with E-state index in [-0.39, 0.29) is 12.0 Å². The lowest BCUT2D eigenvalue weighted by atomic mass is 9.93. The molecule has 0 saturated carbocycles. The van der Waals surface area contributed by atoms with Gasteiger partial charge < -0.3 is 4.74 Å². The highest BCUT2D eigenvalue weighted by Gasteiger charge is 2.29. The van der Waals surface area contributed by atoms with Crippen molar-refractivity contribution in [3.63, 3.8) is 0 Å². The fourth-order valence-corrected chi connectivity index (χ4v) is 2.24. The van der Waals surface area contributed by atoms with Crippen LogP contribution in [0.5, 0.6) is 0 Å². The lowest BCUT2D eigenvalue weighted by Gasteiger charge is -2.12. The number of Topliss-reactive ketones (excluding diaryl/α,β-unsaturated/α-hetero) is 1. The Balaban J connectivity index is 2.08. The average molecular weight is 212 g/mol. The normalized spacial score (nSPS) is 25.7. The summed E-state index contributed by atoms with van der Waals surface area (Å²) in [5.41, 5.74) is 0. The van der Waals surface area contributed by atoms with Gasteiger partial charge in [-0.05, 0) is 19.8 Å². The molecule has 0 aromatic heterocycles. The fourth-order valence-electron chi connectivity index (χ4n) is 2.24. The Morgan fingerprint density at radius 1 is 1.27 bits per heavy atom. The van der Waals surface area contributed by atoms with E-state index in [0.29, 0.717) is 5.78 Å². The standard InChI is InChI=1S/C13H24O2/c1-3-4-5-6-7-8-13(14)12-9-10-15-11(12)2/h11-12H,3-10H2,1-2H3. The van der Waals surface area contributed by atoms with Gasteiger partial charge in [0.15, 0.2) is 0 Å². The minimum Gasteiger partial charge on any atom is -0.378 e. The molecule has 1 aliphatic heterocycles. The number of unbranched alkanes of at least 4 members (excludes halogenated alkanes) is 4. The van der Waals surface area contributed by atoms with Crippen LogP contribution in [0.15, 0.2) is 0 Å². The molecule has 1 saturated heterocycles. The molecular weight excluding hydrogens is 188 g/mol. The van der Waals surface area contributed by atoms with Crippen LogP contribution < -0.4 is 0 Å². The summed E-state index contributed by atoms with van der Waals surface area (Å²) in [6, 6.07) is 0. The number of rotatable bonds is 7. The van der Waals surface area contributed by atoms with Gasteiger partial charge in [0.2, 0.25) is 0 Å². The third-order valence-electron chi connectivity index (χ3n) is 3.32. The smallest absolute Gasteiger partial charge is 0.138 e. The first kappa shape index (κ1) is 12.7. The van der Waals surface area contributed by atoms with Crippen LogP contribution >= 0.6 is 0 Å². The lowest BCUT2D eigenvalue weighted by Crippen LogP contribution is -2.21. The summed E-state index contributed by atoms with van der Waals surface area (Å²) >= 11 is 0. The van der Waals surface area contributed by atoms with E-state index in [4.69, 9.17) is 4.74 Å². The van der Waals surface area contributed by atoms with Gasteiger partial charge in [0.25, 0.3) is 0 Å². The van der Waals surface area contributed by atoms with Gasteiger partial charge >= 0.3 is 0 Å². The number of carbonyl (C=O) groups excluding carboxylic acids is 1. The predicted octanol–water partition coefficient (Wildman–Crippen LogP) is 3.34. The van der Waals surface area contributed by atoms with Crippen molar-refractivity contribution in [1.82, 2.24) is 0 Å². The topological polar surface area (TPSA) is 26.3 Å². The van der Waals surface area contributed by atoms with Crippen LogP contribution in [0, 0.1) is 5.92 Å².